The van der Waals surface area contributed by atoms with Crippen molar-refractivity contribution in [3.8, 4) is 22.5 Å². The van der Waals surface area contributed by atoms with E-state index in [0.717, 1.165) is 39.4 Å². The quantitative estimate of drug-likeness (QED) is 0.481. The van der Waals surface area contributed by atoms with Crippen molar-refractivity contribution in [1.82, 2.24) is 24.8 Å². The molecule has 0 atom stereocenters. The molecule has 0 radical (unpaired) electrons. The predicted molar refractivity (Wildman–Crippen MR) is 114 cm³/mol. The molecule has 0 aliphatic heterocycles. The van der Waals surface area contributed by atoms with E-state index < -0.39 is 0 Å². The number of hydrogen-bond donors (Lipinski definition) is 1. The summed E-state index contributed by atoms with van der Waals surface area (Å²) >= 11 is 0. The molecule has 0 saturated heterocycles. The van der Waals surface area contributed by atoms with Crippen molar-refractivity contribution in [3.63, 3.8) is 0 Å². The fourth-order valence-corrected chi connectivity index (χ4v) is 3.29. The van der Waals surface area contributed by atoms with Crippen molar-refractivity contribution in [2.24, 2.45) is 0 Å². The van der Waals surface area contributed by atoms with E-state index in [1.807, 2.05) is 85.8 Å². The van der Waals surface area contributed by atoms with E-state index in [4.69, 9.17) is 10.1 Å². The number of hydrogen-bond acceptors (Lipinski definition) is 5. The van der Waals surface area contributed by atoms with Gasteiger partial charge in [0.15, 0.2) is 0 Å². The average molecular weight is 378 g/mol. The topological polar surface area (TPSA) is 68.0 Å². The maximum absolute atomic E-state index is 4.77. The van der Waals surface area contributed by atoms with Crippen LogP contribution < -0.4 is 5.32 Å². The van der Waals surface area contributed by atoms with Crippen molar-refractivity contribution < 1.29 is 0 Å². The standard InChI is InChI=1S/C23H18N6/c1-16-12-13-20-21(22(28-29(20)27-16)17-8-4-2-5-9-17)19-14-15-24-23(26-19)25-18-10-6-3-7-11-18/h2-15H,1H3,(H,24,25,26). The lowest BCUT2D eigenvalue weighted by molar-refractivity contribution is 0.784. The van der Waals surface area contributed by atoms with Crippen LogP contribution in [0.3, 0.4) is 0 Å². The molecule has 5 rings (SSSR count). The smallest absolute Gasteiger partial charge is 0.227 e. The highest BCUT2D eigenvalue weighted by Crippen LogP contribution is 2.34. The minimum atomic E-state index is 0.534. The van der Waals surface area contributed by atoms with E-state index in [-0.39, 0.29) is 0 Å². The monoisotopic (exact) mass is 378 g/mol. The number of nitrogens with zero attached hydrogens (tertiary/aromatic N) is 5. The largest absolute Gasteiger partial charge is 0.324 e. The van der Waals surface area contributed by atoms with Crippen molar-refractivity contribution in [2.45, 2.75) is 6.92 Å². The summed E-state index contributed by atoms with van der Waals surface area (Å²) in [7, 11) is 0. The van der Waals surface area contributed by atoms with Gasteiger partial charge in [-0.25, -0.2) is 9.97 Å². The van der Waals surface area contributed by atoms with Crippen LogP contribution in [-0.2, 0) is 0 Å². The van der Waals surface area contributed by atoms with Crippen LogP contribution in [0.5, 0.6) is 0 Å². The molecule has 6 heteroatoms. The minimum absolute atomic E-state index is 0.534. The normalized spacial score (nSPS) is 10.9. The van der Waals surface area contributed by atoms with Gasteiger partial charge in [-0.3, -0.25) is 0 Å². The molecule has 0 aliphatic carbocycles. The van der Waals surface area contributed by atoms with Crippen LogP contribution in [0.25, 0.3) is 28.0 Å². The number of aromatic nitrogens is 5. The van der Waals surface area contributed by atoms with Gasteiger partial charge in [0.1, 0.15) is 5.69 Å². The molecule has 140 valence electrons. The van der Waals surface area contributed by atoms with E-state index >= 15 is 0 Å². The summed E-state index contributed by atoms with van der Waals surface area (Å²) in [6.45, 7) is 1.95. The highest BCUT2D eigenvalue weighted by Gasteiger charge is 2.18. The Balaban J connectivity index is 1.67. The molecule has 29 heavy (non-hydrogen) atoms. The number of rotatable bonds is 4. The number of benzene rings is 2. The second kappa shape index (κ2) is 7.16. The molecule has 5 aromatic rings. The Kier molecular flexibility index (Phi) is 4.22. The summed E-state index contributed by atoms with van der Waals surface area (Å²) in [5.41, 5.74) is 6.32. The van der Waals surface area contributed by atoms with Crippen molar-refractivity contribution in [3.05, 3.63) is 90.8 Å². The Morgan fingerprint density at radius 3 is 2.34 bits per heavy atom. The lowest BCUT2D eigenvalue weighted by Gasteiger charge is -2.07. The van der Waals surface area contributed by atoms with Crippen LogP contribution in [-0.4, -0.2) is 24.8 Å². The van der Waals surface area contributed by atoms with Gasteiger partial charge >= 0.3 is 0 Å². The van der Waals surface area contributed by atoms with Gasteiger partial charge in [0.25, 0.3) is 0 Å². The number of aryl methyl sites for hydroxylation is 1. The van der Waals surface area contributed by atoms with Gasteiger partial charge in [-0.1, -0.05) is 48.5 Å². The minimum Gasteiger partial charge on any atom is -0.324 e. The number of anilines is 2. The van der Waals surface area contributed by atoms with Crippen LogP contribution >= 0.6 is 0 Å². The molecule has 0 aliphatic rings. The van der Waals surface area contributed by atoms with E-state index in [0.29, 0.717) is 5.95 Å². The number of nitrogens with one attached hydrogen (secondary N) is 1. The van der Waals surface area contributed by atoms with E-state index in [9.17, 15) is 0 Å². The molecular weight excluding hydrogens is 360 g/mol. The number of fused-ring (bicyclic) bond motifs is 1. The summed E-state index contributed by atoms with van der Waals surface area (Å²) in [4.78, 5) is 9.14. The summed E-state index contributed by atoms with van der Waals surface area (Å²) in [5, 5.41) is 12.6. The van der Waals surface area contributed by atoms with Crippen LogP contribution in [0, 0.1) is 6.92 Å². The molecule has 6 nitrogen and oxygen atoms in total. The van der Waals surface area contributed by atoms with Gasteiger partial charge in [-0.05, 0) is 37.3 Å². The van der Waals surface area contributed by atoms with Gasteiger partial charge in [-0.2, -0.15) is 9.73 Å². The first kappa shape index (κ1) is 17.1. The molecular formula is C23H18N6. The maximum Gasteiger partial charge on any atom is 0.227 e. The van der Waals surface area contributed by atoms with Crippen molar-refractivity contribution in [2.75, 3.05) is 5.32 Å². The third-order valence-electron chi connectivity index (χ3n) is 4.63. The van der Waals surface area contributed by atoms with E-state index in [2.05, 4.69) is 15.4 Å². The zero-order valence-corrected chi connectivity index (χ0v) is 15.8. The van der Waals surface area contributed by atoms with Crippen molar-refractivity contribution >= 4 is 17.2 Å². The first-order valence-electron chi connectivity index (χ1n) is 9.35. The Morgan fingerprint density at radius 1 is 0.793 bits per heavy atom. The summed E-state index contributed by atoms with van der Waals surface area (Å²) < 4.78 is 1.68. The van der Waals surface area contributed by atoms with Gasteiger partial charge in [0.05, 0.1) is 22.5 Å². The Labute approximate surface area is 167 Å². The highest BCUT2D eigenvalue weighted by molar-refractivity contribution is 5.90. The second-order valence-corrected chi connectivity index (χ2v) is 6.70. The number of para-hydroxylation sites is 1. The van der Waals surface area contributed by atoms with Gasteiger partial charge in [0.2, 0.25) is 5.95 Å². The fourth-order valence-electron chi connectivity index (χ4n) is 3.29. The fraction of sp³-hybridized carbons (Fsp3) is 0.0435. The molecule has 0 bridgehead atoms. The predicted octanol–water partition coefficient (Wildman–Crippen LogP) is 4.91. The van der Waals surface area contributed by atoms with Crippen LogP contribution in [0.2, 0.25) is 0 Å². The molecule has 3 heterocycles. The lowest BCUT2D eigenvalue weighted by atomic mass is 10.0. The van der Waals surface area contributed by atoms with Crippen molar-refractivity contribution in [1.29, 1.82) is 0 Å². The van der Waals surface area contributed by atoms with Gasteiger partial charge in [-0.15, -0.1) is 5.10 Å². The van der Waals surface area contributed by atoms with Crippen LogP contribution in [0.1, 0.15) is 5.69 Å². The third kappa shape index (κ3) is 3.32. The SMILES string of the molecule is Cc1ccc2c(-c3ccnc(Nc4ccccc4)n3)c(-c3ccccc3)nn2n1. The Bertz CT molecular complexity index is 1280. The first-order chi connectivity index (χ1) is 14.3. The van der Waals surface area contributed by atoms with Crippen LogP contribution in [0.15, 0.2) is 85.1 Å². The first-order valence-corrected chi connectivity index (χ1v) is 9.35. The maximum atomic E-state index is 4.77. The zero-order valence-electron chi connectivity index (χ0n) is 15.8. The summed E-state index contributed by atoms with van der Waals surface area (Å²) in [6.07, 6.45) is 1.76. The van der Waals surface area contributed by atoms with E-state index in [1.54, 1.807) is 10.8 Å². The molecule has 0 saturated carbocycles. The summed E-state index contributed by atoms with van der Waals surface area (Å²) in [5.74, 6) is 0.534. The average Bonchev–Trinajstić information content (AvgIpc) is 3.14. The third-order valence-corrected chi connectivity index (χ3v) is 4.63. The van der Waals surface area contributed by atoms with Gasteiger partial charge < -0.3 is 5.32 Å². The molecule has 2 aromatic carbocycles. The van der Waals surface area contributed by atoms with Gasteiger partial charge in [0, 0.05) is 17.4 Å². The van der Waals surface area contributed by atoms with Crippen LogP contribution in [0.4, 0.5) is 11.6 Å². The lowest BCUT2D eigenvalue weighted by Crippen LogP contribution is -1.98. The molecule has 0 amide bonds. The highest BCUT2D eigenvalue weighted by atomic mass is 15.4. The molecule has 0 spiro atoms. The second-order valence-electron chi connectivity index (χ2n) is 6.70. The Morgan fingerprint density at radius 2 is 1.55 bits per heavy atom. The Hall–Kier alpha value is -4.06. The van der Waals surface area contributed by atoms with E-state index in [1.165, 1.54) is 0 Å². The molecule has 3 aromatic heterocycles. The zero-order chi connectivity index (χ0) is 19.6. The molecule has 1 N–H and O–H groups in total. The summed E-state index contributed by atoms with van der Waals surface area (Å²) in [6, 6.07) is 25.9. The molecule has 0 unspecified atom stereocenters. The molecule has 0 fully saturated rings.